The average Bonchev–Trinajstić information content (AvgIpc) is 2.96. The summed E-state index contributed by atoms with van der Waals surface area (Å²) in [5.74, 6) is 0.0628. The van der Waals surface area contributed by atoms with E-state index < -0.39 is 5.82 Å². The summed E-state index contributed by atoms with van der Waals surface area (Å²) < 4.78 is 20.5. The van der Waals surface area contributed by atoms with E-state index in [0.29, 0.717) is 23.7 Å². The molecule has 140 valence electrons. The number of halogens is 2. The van der Waals surface area contributed by atoms with E-state index in [1.807, 2.05) is 6.92 Å². The largest absolute Gasteiger partial charge is 0.379 e. The maximum atomic E-state index is 13.4. The van der Waals surface area contributed by atoms with Gasteiger partial charge < -0.3 is 10.1 Å². The third-order valence-electron chi connectivity index (χ3n) is 3.94. The van der Waals surface area contributed by atoms with Gasteiger partial charge in [-0.1, -0.05) is 23.1 Å². The van der Waals surface area contributed by atoms with Crippen LogP contribution >= 0.6 is 23.1 Å². The second-order valence-electron chi connectivity index (χ2n) is 5.94. The first kappa shape index (κ1) is 19.0. The second kappa shape index (κ2) is 8.77. The molecule has 0 spiro atoms. The Hall–Kier alpha value is -1.74. The number of benzene rings is 1. The molecule has 2 N–H and O–H groups in total. The van der Waals surface area contributed by atoms with Crippen LogP contribution in [0.2, 0.25) is 5.02 Å². The van der Waals surface area contributed by atoms with Gasteiger partial charge in [-0.05, 0) is 31.2 Å². The average molecular weight is 398 g/mol. The summed E-state index contributed by atoms with van der Waals surface area (Å²) in [5, 5.41) is 11.3. The molecule has 1 fully saturated rings. The highest BCUT2D eigenvalue weighted by Gasteiger charge is 2.11. The van der Waals surface area contributed by atoms with Crippen LogP contribution in [0.25, 0.3) is 0 Å². The van der Waals surface area contributed by atoms with Crippen LogP contribution in [0.5, 0.6) is 0 Å². The van der Waals surface area contributed by atoms with E-state index in [4.69, 9.17) is 21.7 Å². The van der Waals surface area contributed by atoms with Crippen LogP contribution in [-0.2, 0) is 4.74 Å². The van der Waals surface area contributed by atoms with Gasteiger partial charge in [0.1, 0.15) is 11.3 Å². The molecule has 2 heterocycles. The molecule has 9 heteroatoms. The lowest BCUT2D eigenvalue weighted by Crippen LogP contribution is -2.38. The van der Waals surface area contributed by atoms with Crippen molar-refractivity contribution < 1.29 is 9.13 Å². The van der Waals surface area contributed by atoms with Crippen LogP contribution in [0, 0.1) is 18.2 Å². The Balaban J connectivity index is 1.78. The van der Waals surface area contributed by atoms with E-state index in [-0.39, 0.29) is 5.02 Å². The Morgan fingerprint density at radius 1 is 1.38 bits per heavy atom. The van der Waals surface area contributed by atoms with E-state index >= 15 is 0 Å². The van der Waals surface area contributed by atoms with Crippen LogP contribution in [0.3, 0.4) is 0 Å². The van der Waals surface area contributed by atoms with Gasteiger partial charge in [0.15, 0.2) is 0 Å². The fourth-order valence-corrected chi connectivity index (χ4v) is 3.58. The van der Waals surface area contributed by atoms with Gasteiger partial charge in [0.05, 0.1) is 24.8 Å². The van der Waals surface area contributed by atoms with E-state index in [9.17, 15) is 4.39 Å². The molecule has 0 bridgehead atoms. The summed E-state index contributed by atoms with van der Waals surface area (Å²) in [6, 6.07) is 6.20. The number of hydrogen-bond acceptors (Lipinski definition) is 5. The van der Waals surface area contributed by atoms with Crippen LogP contribution in [-0.4, -0.2) is 54.2 Å². The number of aromatic nitrogens is 1. The van der Waals surface area contributed by atoms with E-state index in [0.717, 1.165) is 37.7 Å². The first-order chi connectivity index (χ1) is 12.5. The molecule has 1 aliphatic heterocycles. The molecule has 3 rings (SSSR count). The van der Waals surface area contributed by atoms with Crippen molar-refractivity contribution in [1.29, 1.82) is 5.41 Å². The topological polar surface area (TPSA) is 65.6 Å². The number of ether oxygens (including phenoxy) is 1. The molecule has 0 saturated carbocycles. The summed E-state index contributed by atoms with van der Waals surface area (Å²) in [7, 11) is 0. The number of rotatable bonds is 4. The fourth-order valence-electron chi connectivity index (χ4n) is 2.61. The molecule has 2 aromatic rings. The predicted molar refractivity (Wildman–Crippen MR) is 103 cm³/mol. The molecule has 1 aromatic carbocycles. The van der Waals surface area contributed by atoms with E-state index in [1.54, 1.807) is 16.1 Å². The predicted octanol–water partition coefficient (Wildman–Crippen LogP) is 2.78. The maximum Gasteiger partial charge on any atom is 0.218 e. The van der Waals surface area contributed by atoms with Crippen LogP contribution in [0.15, 0.2) is 29.3 Å². The maximum absolute atomic E-state index is 13.4. The number of aryl methyl sites for hydroxylation is 1. The zero-order valence-electron chi connectivity index (χ0n) is 14.5. The molecule has 0 atom stereocenters. The summed E-state index contributed by atoms with van der Waals surface area (Å²) in [6.45, 7) is 6.65. The second-order valence-corrected chi connectivity index (χ2v) is 7.54. The first-order valence-electron chi connectivity index (χ1n) is 8.34. The van der Waals surface area contributed by atoms with Crippen molar-refractivity contribution in [3.05, 3.63) is 45.5 Å². The molecule has 1 aliphatic rings. The Morgan fingerprint density at radius 2 is 2.15 bits per heavy atom. The lowest BCUT2D eigenvalue weighted by atomic mass is 10.3. The van der Waals surface area contributed by atoms with Gasteiger partial charge in [-0.25, -0.2) is 8.35 Å². The number of nitrogens with zero attached hydrogens (tertiary/aromatic N) is 3. The van der Waals surface area contributed by atoms with Gasteiger partial charge in [0, 0.05) is 30.2 Å². The van der Waals surface area contributed by atoms with Gasteiger partial charge >= 0.3 is 0 Å². The standard InChI is InChI=1S/C17H21ClFN5OS/c1-12-10-16(20)24(26-12)17(21-4-5-23-6-8-25-9-7-23)22-13-2-3-15(19)14(18)11-13/h2-3,10-11,20H,4-9H2,1H3,(H,21,22). The van der Waals surface area contributed by atoms with Gasteiger partial charge in [-0.15, -0.1) is 0 Å². The number of hydrogen-bond donors (Lipinski definition) is 2. The number of aliphatic imine (C=N–C) groups is 1. The molecule has 1 saturated heterocycles. The van der Waals surface area contributed by atoms with Crippen molar-refractivity contribution in [2.24, 2.45) is 4.99 Å². The molecule has 0 amide bonds. The van der Waals surface area contributed by atoms with E-state index in [1.165, 1.54) is 23.7 Å². The highest BCUT2D eigenvalue weighted by molar-refractivity contribution is 7.07. The van der Waals surface area contributed by atoms with Crippen molar-refractivity contribution in [2.45, 2.75) is 6.92 Å². The lowest BCUT2D eigenvalue weighted by molar-refractivity contribution is 0.0394. The molecule has 0 aliphatic carbocycles. The summed E-state index contributed by atoms with van der Waals surface area (Å²) in [5.41, 5.74) is 0.970. The zero-order valence-corrected chi connectivity index (χ0v) is 16.0. The zero-order chi connectivity index (χ0) is 18.5. The van der Waals surface area contributed by atoms with Crippen molar-refractivity contribution >= 4 is 34.8 Å². The lowest BCUT2D eigenvalue weighted by Gasteiger charge is -2.25. The summed E-state index contributed by atoms with van der Waals surface area (Å²) in [6.07, 6.45) is 0. The monoisotopic (exact) mass is 397 g/mol. The first-order valence-corrected chi connectivity index (χ1v) is 9.49. The number of nitrogens with one attached hydrogen (secondary N) is 2. The third-order valence-corrected chi connectivity index (χ3v) is 5.19. The normalized spacial score (nSPS) is 16.0. The van der Waals surface area contributed by atoms with Gasteiger partial charge in [-0.2, -0.15) is 0 Å². The molecule has 26 heavy (non-hydrogen) atoms. The Kier molecular flexibility index (Phi) is 6.42. The third kappa shape index (κ3) is 4.91. The molecular formula is C17H21ClFN5OS. The molecular weight excluding hydrogens is 377 g/mol. The van der Waals surface area contributed by atoms with Crippen LogP contribution in [0.4, 0.5) is 10.1 Å². The van der Waals surface area contributed by atoms with Crippen molar-refractivity contribution in [2.75, 3.05) is 44.7 Å². The quantitative estimate of drug-likeness (QED) is 0.616. The van der Waals surface area contributed by atoms with Crippen molar-refractivity contribution in [3.8, 4) is 0 Å². The Morgan fingerprint density at radius 3 is 2.81 bits per heavy atom. The SMILES string of the molecule is Cc1cc(=N)n(C(=NCCN2CCOCC2)Nc2ccc(F)c(Cl)c2)s1. The summed E-state index contributed by atoms with van der Waals surface area (Å²) >= 11 is 7.30. The molecule has 1 aromatic heterocycles. The minimum Gasteiger partial charge on any atom is -0.379 e. The summed E-state index contributed by atoms with van der Waals surface area (Å²) in [4.78, 5) is 7.96. The van der Waals surface area contributed by atoms with Gasteiger partial charge in [-0.3, -0.25) is 15.3 Å². The van der Waals surface area contributed by atoms with E-state index in [2.05, 4.69) is 15.2 Å². The number of anilines is 1. The van der Waals surface area contributed by atoms with Crippen molar-refractivity contribution in [3.63, 3.8) is 0 Å². The Labute approximate surface area is 160 Å². The molecule has 0 unspecified atom stereocenters. The van der Waals surface area contributed by atoms with Crippen LogP contribution < -0.4 is 10.8 Å². The highest BCUT2D eigenvalue weighted by atomic mass is 35.5. The fraction of sp³-hybridized carbons (Fsp3) is 0.412. The van der Waals surface area contributed by atoms with Gasteiger partial charge in [0.25, 0.3) is 0 Å². The van der Waals surface area contributed by atoms with Crippen molar-refractivity contribution in [1.82, 2.24) is 8.86 Å². The minimum atomic E-state index is -0.469. The molecule has 6 nitrogen and oxygen atoms in total. The smallest absolute Gasteiger partial charge is 0.218 e. The highest BCUT2D eigenvalue weighted by Crippen LogP contribution is 2.19. The van der Waals surface area contributed by atoms with Gasteiger partial charge in [0.2, 0.25) is 5.96 Å². The molecule has 0 radical (unpaired) electrons. The minimum absolute atomic E-state index is 0.0427. The van der Waals surface area contributed by atoms with Crippen LogP contribution in [0.1, 0.15) is 4.88 Å². The Bertz CT molecular complexity index is 844. The number of morpholine rings is 1.